The van der Waals surface area contributed by atoms with Crippen molar-refractivity contribution in [1.29, 1.82) is 0 Å². The van der Waals surface area contributed by atoms with Crippen molar-refractivity contribution in [2.24, 2.45) is 0 Å². The lowest BCUT2D eigenvalue weighted by molar-refractivity contribution is 0.0934. The molecular formula is C12H14Br2ClNO. The zero-order chi connectivity index (χ0) is 12.8. The number of carbonyl (C=O) groups is 1. The van der Waals surface area contributed by atoms with E-state index in [9.17, 15) is 4.79 Å². The van der Waals surface area contributed by atoms with Crippen LogP contribution >= 0.6 is 43.5 Å². The third-order valence-electron chi connectivity index (χ3n) is 2.46. The first-order valence-electron chi connectivity index (χ1n) is 5.40. The van der Waals surface area contributed by atoms with Gasteiger partial charge >= 0.3 is 0 Å². The average Bonchev–Trinajstić information content (AvgIpc) is 2.28. The van der Waals surface area contributed by atoms with Crippen molar-refractivity contribution >= 4 is 49.4 Å². The van der Waals surface area contributed by atoms with Gasteiger partial charge in [0.15, 0.2) is 0 Å². The van der Waals surface area contributed by atoms with Crippen LogP contribution in [-0.2, 0) is 0 Å². The molecule has 1 rings (SSSR count). The van der Waals surface area contributed by atoms with Gasteiger partial charge in [0, 0.05) is 20.9 Å². The van der Waals surface area contributed by atoms with Crippen LogP contribution in [0.3, 0.4) is 0 Å². The number of rotatable bonds is 5. The van der Waals surface area contributed by atoms with Gasteiger partial charge in [-0.3, -0.25) is 4.79 Å². The predicted molar refractivity (Wildman–Crippen MR) is 78.7 cm³/mol. The zero-order valence-electron chi connectivity index (χ0n) is 9.47. The molecule has 0 bridgehead atoms. The van der Waals surface area contributed by atoms with E-state index in [4.69, 9.17) is 11.6 Å². The first-order chi connectivity index (χ1) is 8.08. The van der Waals surface area contributed by atoms with Crippen LogP contribution < -0.4 is 5.32 Å². The second-order valence-electron chi connectivity index (χ2n) is 3.68. The van der Waals surface area contributed by atoms with Crippen LogP contribution in [0.2, 0.25) is 0 Å². The Morgan fingerprint density at radius 2 is 2.18 bits per heavy atom. The maximum atomic E-state index is 12.0. The van der Waals surface area contributed by atoms with Crippen molar-refractivity contribution in [2.45, 2.75) is 25.8 Å². The Bertz CT molecular complexity index is 398. The van der Waals surface area contributed by atoms with Gasteiger partial charge in [0.05, 0.1) is 5.56 Å². The highest BCUT2D eigenvalue weighted by molar-refractivity contribution is 9.11. The molecule has 0 fully saturated rings. The summed E-state index contributed by atoms with van der Waals surface area (Å²) in [5.74, 6) is 0.488. The largest absolute Gasteiger partial charge is 0.349 e. The van der Waals surface area contributed by atoms with E-state index in [1.54, 1.807) is 6.07 Å². The molecule has 1 aromatic rings. The van der Waals surface area contributed by atoms with Gasteiger partial charge in [-0.25, -0.2) is 0 Å². The van der Waals surface area contributed by atoms with E-state index in [0.717, 1.165) is 21.8 Å². The monoisotopic (exact) mass is 381 g/mol. The Morgan fingerprint density at radius 3 is 2.71 bits per heavy atom. The normalized spacial score (nSPS) is 12.2. The molecule has 1 N–H and O–H groups in total. The summed E-state index contributed by atoms with van der Waals surface area (Å²) >= 11 is 12.4. The number of carbonyl (C=O) groups excluding carboxylic acids is 1. The first kappa shape index (κ1) is 15.0. The molecule has 1 unspecified atom stereocenters. The minimum absolute atomic E-state index is 0.0682. The summed E-state index contributed by atoms with van der Waals surface area (Å²) in [5.41, 5.74) is 0.640. The average molecular weight is 384 g/mol. The quantitative estimate of drug-likeness (QED) is 0.753. The van der Waals surface area contributed by atoms with Crippen LogP contribution in [0, 0.1) is 0 Å². The highest BCUT2D eigenvalue weighted by Crippen LogP contribution is 2.22. The highest BCUT2D eigenvalue weighted by atomic mass is 79.9. The second kappa shape index (κ2) is 7.39. The standard InChI is InChI=1S/C12H14Br2ClNO/c1-2-9(5-6-15)16-12(17)10-4-3-8(13)7-11(10)14/h3-4,7,9H,2,5-6H2,1H3,(H,16,17). The molecule has 5 heteroatoms. The Balaban J connectivity index is 2.75. The Morgan fingerprint density at radius 1 is 1.47 bits per heavy atom. The molecule has 0 saturated carbocycles. The molecule has 1 aromatic carbocycles. The molecule has 0 aromatic heterocycles. The molecule has 1 amide bonds. The van der Waals surface area contributed by atoms with Gasteiger partial charge in [-0.2, -0.15) is 0 Å². The number of halogens is 3. The Kier molecular flexibility index (Phi) is 6.52. The van der Waals surface area contributed by atoms with Crippen molar-refractivity contribution in [3.8, 4) is 0 Å². The van der Waals surface area contributed by atoms with Crippen LogP contribution in [-0.4, -0.2) is 17.8 Å². The molecule has 0 aliphatic rings. The Hall–Kier alpha value is -0.0600. The topological polar surface area (TPSA) is 29.1 Å². The fourth-order valence-electron chi connectivity index (χ4n) is 1.45. The van der Waals surface area contributed by atoms with Crippen LogP contribution in [0.1, 0.15) is 30.1 Å². The van der Waals surface area contributed by atoms with Crippen LogP contribution in [0.15, 0.2) is 27.1 Å². The summed E-state index contributed by atoms with van der Waals surface area (Å²) in [7, 11) is 0. The van der Waals surface area contributed by atoms with E-state index in [2.05, 4.69) is 37.2 Å². The zero-order valence-corrected chi connectivity index (χ0v) is 13.4. The third kappa shape index (κ3) is 4.60. The van der Waals surface area contributed by atoms with Crippen LogP contribution in [0.5, 0.6) is 0 Å². The Labute approximate surface area is 123 Å². The van der Waals surface area contributed by atoms with Crippen molar-refractivity contribution < 1.29 is 4.79 Å². The van der Waals surface area contributed by atoms with Gasteiger partial charge in [0.25, 0.3) is 5.91 Å². The predicted octanol–water partition coefficient (Wildman–Crippen LogP) is 4.35. The van der Waals surface area contributed by atoms with Crippen molar-refractivity contribution in [1.82, 2.24) is 5.32 Å². The minimum atomic E-state index is -0.0682. The number of alkyl halides is 1. The van der Waals surface area contributed by atoms with Crippen LogP contribution in [0.4, 0.5) is 0 Å². The van der Waals surface area contributed by atoms with Gasteiger partial charge in [-0.05, 0) is 47.0 Å². The molecule has 0 spiro atoms. The lowest BCUT2D eigenvalue weighted by Gasteiger charge is -2.16. The molecule has 1 atom stereocenters. The maximum absolute atomic E-state index is 12.0. The summed E-state index contributed by atoms with van der Waals surface area (Å²) in [5, 5.41) is 2.98. The van der Waals surface area contributed by atoms with Crippen molar-refractivity contribution in [3.05, 3.63) is 32.7 Å². The molecule has 94 valence electrons. The summed E-state index contributed by atoms with van der Waals surface area (Å²) in [4.78, 5) is 12.0. The molecule has 0 aliphatic carbocycles. The number of amides is 1. The molecule has 2 nitrogen and oxygen atoms in total. The van der Waals surface area contributed by atoms with E-state index in [0.29, 0.717) is 11.4 Å². The SMILES string of the molecule is CCC(CCCl)NC(=O)c1ccc(Br)cc1Br. The number of nitrogens with one attached hydrogen (secondary N) is 1. The van der Waals surface area contributed by atoms with E-state index in [1.165, 1.54) is 0 Å². The molecule has 0 heterocycles. The lowest BCUT2D eigenvalue weighted by atomic mass is 10.1. The highest BCUT2D eigenvalue weighted by Gasteiger charge is 2.14. The number of hydrogen-bond donors (Lipinski definition) is 1. The molecule has 0 radical (unpaired) electrons. The van der Waals surface area contributed by atoms with E-state index in [1.807, 2.05) is 19.1 Å². The third-order valence-corrected chi connectivity index (χ3v) is 3.83. The summed E-state index contributed by atoms with van der Waals surface area (Å²) in [6.07, 6.45) is 1.67. The van der Waals surface area contributed by atoms with Crippen molar-refractivity contribution in [2.75, 3.05) is 5.88 Å². The molecule has 0 aliphatic heterocycles. The van der Waals surface area contributed by atoms with Gasteiger partial charge in [0.1, 0.15) is 0 Å². The molecule has 0 saturated heterocycles. The number of hydrogen-bond acceptors (Lipinski definition) is 1. The smallest absolute Gasteiger partial charge is 0.252 e. The van der Waals surface area contributed by atoms with Gasteiger partial charge in [-0.15, -0.1) is 11.6 Å². The molecule has 17 heavy (non-hydrogen) atoms. The lowest BCUT2D eigenvalue weighted by Crippen LogP contribution is -2.34. The number of benzene rings is 1. The summed E-state index contributed by atoms with van der Waals surface area (Å²) < 4.78 is 1.72. The van der Waals surface area contributed by atoms with E-state index in [-0.39, 0.29) is 11.9 Å². The maximum Gasteiger partial charge on any atom is 0.252 e. The second-order valence-corrected chi connectivity index (χ2v) is 5.83. The van der Waals surface area contributed by atoms with Crippen LogP contribution in [0.25, 0.3) is 0 Å². The van der Waals surface area contributed by atoms with E-state index < -0.39 is 0 Å². The molecular weight excluding hydrogens is 369 g/mol. The van der Waals surface area contributed by atoms with Crippen molar-refractivity contribution in [3.63, 3.8) is 0 Å². The van der Waals surface area contributed by atoms with E-state index >= 15 is 0 Å². The van der Waals surface area contributed by atoms with Gasteiger partial charge in [0.2, 0.25) is 0 Å². The minimum Gasteiger partial charge on any atom is -0.349 e. The van der Waals surface area contributed by atoms with Gasteiger partial charge in [-0.1, -0.05) is 22.9 Å². The summed E-state index contributed by atoms with van der Waals surface area (Å²) in [6.45, 7) is 2.04. The van der Waals surface area contributed by atoms with Gasteiger partial charge < -0.3 is 5.32 Å². The first-order valence-corrected chi connectivity index (χ1v) is 7.52. The summed E-state index contributed by atoms with van der Waals surface area (Å²) in [6, 6.07) is 5.63. The fraction of sp³-hybridized carbons (Fsp3) is 0.417. The fourth-order valence-corrected chi connectivity index (χ4v) is 2.94.